The third-order valence-electron chi connectivity index (χ3n) is 4.70. The Balaban J connectivity index is 2.27. The van der Waals surface area contributed by atoms with Crippen molar-refractivity contribution in [1.29, 1.82) is 0 Å². The lowest BCUT2D eigenvalue weighted by Crippen LogP contribution is -2.55. The van der Waals surface area contributed by atoms with Gasteiger partial charge in [0, 0.05) is 30.3 Å². The summed E-state index contributed by atoms with van der Waals surface area (Å²) in [6.07, 6.45) is -12.9. The summed E-state index contributed by atoms with van der Waals surface area (Å²) >= 11 is 0. The molecule has 0 spiro atoms. The van der Waals surface area contributed by atoms with Crippen LogP contribution in [0, 0.1) is 29.2 Å². The van der Waals surface area contributed by atoms with Gasteiger partial charge in [0.2, 0.25) is 0 Å². The zero-order valence-corrected chi connectivity index (χ0v) is 17.0. The van der Waals surface area contributed by atoms with E-state index in [1.165, 1.54) is 0 Å². The third kappa shape index (κ3) is 4.83. The molecule has 196 valence electrons. The fourth-order valence-corrected chi connectivity index (χ4v) is 3.20. The molecule has 16 heteroatoms. The molecule has 0 saturated carbocycles. The number of hydrogen-bond acceptors (Lipinski definition) is 4. The van der Waals surface area contributed by atoms with Crippen LogP contribution < -0.4 is 20.9 Å². The maximum atomic E-state index is 15.9. The largest absolute Gasteiger partial charge is 0.458 e. The minimum Gasteiger partial charge on any atom is -0.458 e. The number of benzene rings is 2. The lowest BCUT2D eigenvalue weighted by atomic mass is 9.84. The quantitative estimate of drug-likeness (QED) is 0.350. The molecule has 0 heterocycles. The second-order valence-electron chi connectivity index (χ2n) is 7.20. The second-order valence-corrected chi connectivity index (χ2v) is 7.20. The van der Waals surface area contributed by atoms with E-state index in [0.717, 1.165) is 0 Å². The summed E-state index contributed by atoms with van der Waals surface area (Å²) in [6, 6.07) is 0.141. The fraction of sp³-hybridized carbons (Fsp3) is 0.200. The highest BCUT2D eigenvalue weighted by atomic mass is 19.4. The smallest absolute Gasteiger partial charge is 0.422 e. The number of anilines is 2. The summed E-state index contributed by atoms with van der Waals surface area (Å²) in [5, 5.41) is 0. The van der Waals surface area contributed by atoms with Gasteiger partial charge in [-0.2, -0.15) is 30.7 Å². The normalized spacial score (nSPS) is 20.9. The van der Waals surface area contributed by atoms with Gasteiger partial charge in [-0.1, -0.05) is 0 Å². The molecule has 0 aromatic heterocycles. The van der Waals surface area contributed by atoms with E-state index in [-0.39, 0.29) is 24.3 Å². The number of allylic oxidation sites excluding steroid dienone is 2. The maximum absolute atomic E-state index is 15.9. The molecule has 1 aliphatic carbocycles. The summed E-state index contributed by atoms with van der Waals surface area (Å²) in [4.78, 5) is 0. The van der Waals surface area contributed by atoms with Gasteiger partial charge in [-0.25, -0.2) is 22.0 Å². The van der Waals surface area contributed by atoms with Gasteiger partial charge in [-0.15, -0.1) is 0 Å². The van der Waals surface area contributed by atoms with Crippen LogP contribution in [-0.2, 0) is 0 Å². The average Bonchev–Trinajstić information content (AvgIpc) is 2.67. The number of nitrogens with two attached hydrogens (primary N) is 2. The SMILES string of the molecule is Nc1cc(OC2=CC(F)=C(C(F)(F)F)C(F)(Oc3cc(N)c(F)cc3F)C2C(F)(F)F)c(F)cc1F. The van der Waals surface area contributed by atoms with Crippen molar-refractivity contribution in [2.45, 2.75) is 18.2 Å². The molecule has 3 rings (SSSR count). The number of alkyl halides is 7. The highest BCUT2D eigenvalue weighted by Gasteiger charge is 2.69. The van der Waals surface area contributed by atoms with E-state index in [4.69, 9.17) is 11.5 Å². The standard InChI is InChI=1S/C20H10F12N2O2/c21-6-1-8(23)13(4-11(6)33)35-15-3-10(25)16(19(27,28)29)18(26,17(15)20(30,31)32)36-14-5-12(34)7(22)2-9(14)24/h1-5,17H,33-34H2. The first-order valence-electron chi connectivity index (χ1n) is 9.16. The Morgan fingerprint density at radius 3 is 1.67 bits per heavy atom. The van der Waals surface area contributed by atoms with Gasteiger partial charge in [0.1, 0.15) is 28.8 Å². The molecule has 1 aliphatic rings. The van der Waals surface area contributed by atoms with Crippen molar-refractivity contribution in [1.82, 2.24) is 0 Å². The summed E-state index contributed by atoms with van der Waals surface area (Å²) < 4.78 is 176. The van der Waals surface area contributed by atoms with Gasteiger partial charge in [-0.05, 0) is 0 Å². The topological polar surface area (TPSA) is 70.5 Å². The van der Waals surface area contributed by atoms with Crippen LogP contribution in [0.3, 0.4) is 0 Å². The van der Waals surface area contributed by atoms with Crippen LogP contribution in [0.1, 0.15) is 0 Å². The van der Waals surface area contributed by atoms with Gasteiger partial charge in [0.25, 0.3) is 0 Å². The maximum Gasteiger partial charge on any atom is 0.422 e. The molecule has 0 saturated heterocycles. The first-order valence-corrected chi connectivity index (χ1v) is 9.16. The minimum absolute atomic E-state index is 0.0137. The molecule has 0 fully saturated rings. The van der Waals surface area contributed by atoms with Gasteiger partial charge in [0.05, 0.1) is 11.4 Å². The van der Waals surface area contributed by atoms with E-state index in [1.807, 2.05) is 0 Å². The number of ether oxygens (including phenoxy) is 2. The lowest BCUT2D eigenvalue weighted by molar-refractivity contribution is -0.253. The molecule has 36 heavy (non-hydrogen) atoms. The molecule has 0 radical (unpaired) electrons. The van der Waals surface area contributed by atoms with Gasteiger partial charge >= 0.3 is 18.2 Å². The van der Waals surface area contributed by atoms with E-state index >= 15 is 4.39 Å². The van der Waals surface area contributed by atoms with Gasteiger partial charge in [-0.3, -0.25) is 0 Å². The van der Waals surface area contributed by atoms with E-state index < -0.39 is 93.5 Å². The van der Waals surface area contributed by atoms with Crippen molar-refractivity contribution in [3.8, 4) is 11.5 Å². The lowest BCUT2D eigenvalue weighted by Gasteiger charge is -2.40. The molecule has 4 N–H and O–H groups in total. The number of rotatable bonds is 4. The Morgan fingerprint density at radius 2 is 1.19 bits per heavy atom. The Morgan fingerprint density at radius 1 is 0.722 bits per heavy atom. The predicted octanol–water partition coefficient (Wildman–Crippen LogP) is 6.39. The third-order valence-corrected chi connectivity index (χ3v) is 4.70. The molecule has 4 nitrogen and oxygen atoms in total. The van der Waals surface area contributed by atoms with Crippen molar-refractivity contribution >= 4 is 11.4 Å². The Hall–Kier alpha value is -3.72. The van der Waals surface area contributed by atoms with E-state index in [2.05, 4.69) is 9.47 Å². The van der Waals surface area contributed by atoms with Crippen molar-refractivity contribution in [3.63, 3.8) is 0 Å². The number of halogens is 12. The van der Waals surface area contributed by atoms with Crippen LogP contribution >= 0.6 is 0 Å². The van der Waals surface area contributed by atoms with Crippen LogP contribution in [-0.4, -0.2) is 18.2 Å². The summed E-state index contributed by atoms with van der Waals surface area (Å²) in [5.41, 5.74) is 5.03. The molecule has 0 bridgehead atoms. The van der Waals surface area contributed by atoms with E-state index in [9.17, 15) is 48.3 Å². The number of hydrogen-bond donors (Lipinski definition) is 2. The van der Waals surface area contributed by atoms with Crippen LogP contribution in [0.25, 0.3) is 0 Å². The van der Waals surface area contributed by atoms with Crippen LogP contribution in [0.15, 0.2) is 47.5 Å². The Bertz CT molecular complexity index is 1270. The first kappa shape index (κ1) is 26.9. The van der Waals surface area contributed by atoms with E-state index in [1.54, 1.807) is 0 Å². The second kappa shape index (κ2) is 8.74. The predicted molar refractivity (Wildman–Crippen MR) is 98.5 cm³/mol. The van der Waals surface area contributed by atoms with Crippen LogP contribution in [0.2, 0.25) is 0 Å². The van der Waals surface area contributed by atoms with Crippen LogP contribution in [0.4, 0.5) is 64.1 Å². The van der Waals surface area contributed by atoms with Crippen LogP contribution in [0.5, 0.6) is 11.5 Å². The zero-order valence-electron chi connectivity index (χ0n) is 17.0. The molecule has 2 aromatic rings. The summed E-state index contributed by atoms with van der Waals surface area (Å²) in [5.74, 6) is -24.2. The van der Waals surface area contributed by atoms with Gasteiger partial charge < -0.3 is 20.9 Å². The zero-order chi connectivity index (χ0) is 27.4. The Kier molecular flexibility index (Phi) is 6.53. The van der Waals surface area contributed by atoms with E-state index in [0.29, 0.717) is 0 Å². The Labute approximate surface area is 192 Å². The molecule has 0 aliphatic heterocycles. The number of nitrogen functional groups attached to an aromatic ring is 2. The van der Waals surface area contributed by atoms with Gasteiger partial charge in [0.15, 0.2) is 29.1 Å². The molecule has 2 atom stereocenters. The van der Waals surface area contributed by atoms with Crippen molar-refractivity contribution in [3.05, 3.63) is 70.8 Å². The average molecular weight is 538 g/mol. The molecular formula is C20H10F12N2O2. The highest BCUT2D eigenvalue weighted by molar-refractivity contribution is 5.49. The molecule has 2 aromatic carbocycles. The first-order chi connectivity index (χ1) is 16.4. The van der Waals surface area contributed by atoms with Crippen molar-refractivity contribution < 1.29 is 62.2 Å². The minimum atomic E-state index is -6.20. The van der Waals surface area contributed by atoms with Crippen molar-refractivity contribution in [2.24, 2.45) is 5.92 Å². The molecular weight excluding hydrogens is 528 g/mol. The molecule has 2 unspecified atom stereocenters. The van der Waals surface area contributed by atoms with Crippen molar-refractivity contribution in [2.75, 3.05) is 11.5 Å². The monoisotopic (exact) mass is 538 g/mol. The summed E-state index contributed by atoms with van der Waals surface area (Å²) in [6.45, 7) is 0. The molecule has 0 amide bonds. The fourth-order valence-electron chi connectivity index (χ4n) is 3.20. The summed E-state index contributed by atoms with van der Waals surface area (Å²) in [7, 11) is 0. The highest BCUT2D eigenvalue weighted by Crippen LogP contribution is 2.55.